The zero-order chi connectivity index (χ0) is 14.7. The highest BCUT2D eigenvalue weighted by Gasteiger charge is 2.11. The molecule has 20 heavy (non-hydrogen) atoms. The van der Waals surface area contributed by atoms with Crippen LogP contribution in [0.1, 0.15) is 31.0 Å². The summed E-state index contributed by atoms with van der Waals surface area (Å²) in [6.07, 6.45) is 1.03. The van der Waals surface area contributed by atoms with Crippen LogP contribution in [0.25, 0.3) is 0 Å². The molecule has 0 aliphatic carbocycles. The molecule has 0 fully saturated rings. The highest BCUT2D eigenvalue weighted by atomic mass is 35.5. The maximum Gasteiger partial charge on any atom is 0.150 e. The van der Waals surface area contributed by atoms with Gasteiger partial charge in [-0.25, -0.2) is 4.98 Å². The summed E-state index contributed by atoms with van der Waals surface area (Å²) in [6.45, 7) is 4.18. The molecular weight excluding hydrogens is 315 g/mol. The zero-order valence-corrected chi connectivity index (χ0v) is 13.5. The minimum absolute atomic E-state index is 0.0724. The number of rotatable bonds is 4. The molecule has 0 amide bonds. The van der Waals surface area contributed by atoms with Gasteiger partial charge >= 0.3 is 0 Å². The second-order valence-electron chi connectivity index (χ2n) is 4.55. The number of aryl methyl sites for hydroxylation is 1. The summed E-state index contributed by atoms with van der Waals surface area (Å²) >= 11 is 17.9. The lowest BCUT2D eigenvalue weighted by molar-refractivity contribution is 0.873. The normalized spacial score (nSPS) is 12.2. The van der Waals surface area contributed by atoms with E-state index < -0.39 is 0 Å². The van der Waals surface area contributed by atoms with Gasteiger partial charge in [0.2, 0.25) is 0 Å². The Morgan fingerprint density at radius 2 is 1.75 bits per heavy atom. The molecule has 5 heteroatoms. The summed E-state index contributed by atoms with van der Waals surface area (Å²) in [4.78, 5) is 4.16. The van der Waals surface area contributed by atoms with Gasteiger partial charge in [-0.15, -0.1) is 0 Å². The lowest BCUT2D eigenvalue weighted by atomic mass is 10.1. The number of pyridine rings is 1. The quantitative estimate of drug-likeness (QED) is 0.719. The van der Waals surface area contributed by atoms with Gasteiger partial charge in [-0.3, -0.25) is 0 Å². The van der Waals surface area contributed by atoms with Crippen molar-refractivity contribution in [3.63, 3.8) is 0 Å². The van der Waals surface area contributed by atoms with Gasteiger partial charge in [-0.2, -0.15) is 0 Å². The van der Waals surface area contributed by atoms with Crippen LogP contribution in [0.5, 0.6) is 0 Å². The average molecular weight is 330 g/mol. The number of anilines is 1. The molecule has 0 aliphatic heterocycles. The fourth-order valence-corrected chi connectivity index (χ4v) is 2.43. The summed E-state index contributed by atoms with van der Waals surface area (Å²) in [5.41, 5.74) is 2.47. The molecule has 0 radical (unpaired) electrons. The smallest absolute Gasteiger partial charge is 0.150 e. The van der Waals surface area contributed by atoms with Gasteiger partial charge in [0.1, 0.15) is 11.0 Å². The van der Waals surface area contributed by atoms with Gasteiger partial charge in [-0.1, -0.05) is 66.0 Å². The topological polar surface area (TPSA) is 24.9 Å². The molecule has 106 valence electrons. The summed E-state index contributed by atoms with van der Waals surface area (Å²) in [6, 6.07) is 10.1. The Morgan fingerprint density at radius 1 is 1.10 bits per heavy atom. The second kappa shape index (κ2) is 6.66. The molecule has 1 aromatic heterocycles. The molecule has 0 saturated heterocycles. The number of hydrogen-bond acceptors (Lipinski definition) is 2. The van der Waals surface area contributed by atoms with E-state index in [0.29, 0.717) is 15.9 Å². The van der Waals surface area contributed by atoms with Crippen LogP contribution in [0.15, 0.2) is 30.3 Å². The molecule has 1 N–H and O–H groups in total. The molecule has 1 atom stereocenters. The maximum absolute atomic E-state index is 6.11. The molecule has 2 nitrogen and oxygen atoms in total. The van der Waals surface area contributed by atoms with Gasteiger partial charge < -0.3 is 5.32 Å². The van der Waals surface area contributed by atoms with Gasteiger partial charge in [0.15, 0.2) is 0 Å². The summed E-state index contributed by atoms with van der Waals surface area (Å²) < 4.78 is 0. The van der Waals surface area contributed by atoms with E-state index in [9.17, 15) is 0 Å². The molecular formula is C15H15Cl3N2. The average Bonchev–Trinajstić information content (AvgIpc) is 2.44. The van der Waals surface area contributed by atoms with Gasteiger partial charge in [-0.05, 0) is 30.5 Å². The van der Waals surface area contributed by atoms with Crippen LogP contribution in [-0.4, -0.2) is 4.98 Å². The Kier molecular flexibility index (Phi) is 5.14. The third-order valence-electron chi connectivity index (χ3n) is 3.13. The highest BCUT2D eigenvalue weighted by molar-refractivity contribution is 6.42. The second-order valence-corrected chi connectivity index (χ2v) is 5.73. The lowest BCUT2D eigenvalue weighted by Gasteiger charge is -2.16. The summed E-state index contributed by atoms with van der Waals surface area (Å²) in [7, 11) is 0. The predicted octanol–water partition coefficient (Wildman–Crippen LogP) is 5.78. The largest absolute Gasteiger partial charge is 0.362 e. The number of nitrogens with zero attached hydrogens (tertiary/aromatic N) is 1. The van der Waals surface area contributed by atoms with E-state index >= 15 is 0 Å². The third kappa shape index (κ3) is 3.57. The first-order valence-electron chi connectivity index (χ1n) is 6.38. The van der Waals surface area contributed by atoms with Crippen molar-refractivity contribution in [3.05, 3.63) is 56.7 Å². The van der Waals surface area contributed by atoms with Crippen molar-refractivity contribution >= 4 is 40.6 Å². The fourth-order valence-electron chi connectivity index (χ4n) is 1.88. The van der Waals surface area contributed by atoms with Crippen molar-refractivity contribution in [2.75, 3.05) is 5.32 Å². The molecule has 1 unspecified atom stereocenters. The molecule has 1 heterocycles. The number of hydrogen-bond donors (Lipinski definition) is 1. The molecule has 0 aliphatic rings. The van der Waals surface area contributed by atoms with Crippen molar-refractivity contribution in [1.29, 1.82) is 0 Å². The first kappa shape index (κ1) is 15.4. The van der Waals surface area contributed by atoms with Crippen molar-refractivity contribution < 1.29 is 0 Å². The van der Waals surface area contributed by atoms with E-state index in [-0.39, 0.29) is 11.2 Å². The molecule has 0 saturated carbocycles. The van der Waals surface area contributed by atoms with Gasteiger partial charge in [0.05, 0.1) is 10.0 Å². The van der Waals surface area contributed by atoms with E-state index in [2.05, 4.69) is 41.5 Å². The minimum Gasteiger partial charge on any atom is -0.362 e. The summed E-state index contributed by atoms with van der Waals surface area (Å²) in [5, 5.41) is 4.29. The van der Waals surface area contributed by atoms with E-state index in [0.717, 1.165) is 12.0 Å². The van der Waals surface area contributed by atoms with Crippen molar-refractivity contribution in [1.82, 2.24) is 4.98 Å². The minimum atomic E-state index is 0.0724. The lowest BCUT2D eigenvalue weighted by Crippen LogP contribution is -2.08. The Labute approximate surface area is 134 Å². The fraction of sp³-hybridized carbons (Fsp3) is 0.267. The van der Waals surface area contributed by atoms with E-state index in [4.69, 9.17) is 34.8 Å². The number of halogens is 3. The van der Waals surface area contributed by atoms with E-state index in [1.54, 1.807) is 6.07 Å². The Bertz CT molecular complexity index is 597. The summed E-state index contributed by atoms with van der Waals surface area (Å²) in [5.74, 6) is 0.535. The van der Waals surface area contributed by atoms with Crippen molar-refractivity contribution in [2.24, 2.45) is 0 Å². The van der Waals surface area contributed by atoms with Crippen LogP contribution in [0.2, 0.25) is 15.2 Å². The number of nitrogens with one attached hydrogen (secondary N) is 1. The molecule has 2 rings (SSSR count). The van der Waals surface area contributed by atoms with Crippen LogP contribution >= 0.6 is 34.8 Å². The first-order chi connectivity index (χ1) is 9.51. The Balaban J connectivity index is 2.18. The van der Waals surface area contributed by atoms with Gasteiger partial charge in [0, 0.05) is 6.04 Å². The van der Waals surface area contributed by atoms with E-state index in [1.807, 2.05) is 6.92 Å². The molecule has 0 bridgehead atoms. The Morgan fingerprint density at radius 3 is 2.35 bits per heavy atom. The van der Waals surface area contributed by atoms with Crippen LogP contribution in [-0.2, 0) is 6.42 Å². The number of benzene rings is 1. The molecule has 2 aromatic rings. The predicted molar refractivity (Wildman–Crippen MR) is 87.1 cm³/mol. The third-order valence-corrected chi connectivity index (χ3v) is 4.09. The van der Waals surface area contributed by atoms with Gasteiger partial charge in [0.25, 0.3) is 0 Å². The van der Waals surface area contributed by atoms with E-state index in [1.165, 1.54) is 5.56 Å². The standard InChI is InChI=1S/C15H15Cl3N2/c1-3-10-4-6-11(7-5-10)9(2)19-15-13(17)8-12(16)14(18)20-15/h4-9H,3H2,1-2H3,(H,19,20). The van der Waals surface area contributed by atoms with Crippen LogP contribution in [0, 0.1) is 0 Å². The van der Waals surface area contributed by atoms with Crippen molar-refractivity contribution in [3.8, 4) is 0 Å². The SMILES string of the molecule is CCc1ccc(C(C)Nc2nc(Cl)c(Cl)cc2Cl)cc1. The molecule has 0 spiro atoms. The van der Waals surface area contributed by atoms with Crippen LogP contribution in [0.3, 0.4) is 0 Å². The van der Waals surface area contributed by atoms with Crippen LogP contribution < -0.4 is 5.32 Å². The monoisotopic (exact) mass is 328 g/mol. The Hall–Kier alpha value is -0.960. The number of aromatic nitrogens is 1. The van der Waals surface area contributed by atoms with Crippen molar-refractivity contribution in [2.45, 2.75) is 26.3 Å². The highest BCUT2D eigenvalue weighted by Crippen LogP contribution is 2.31. The maximum atomic E-state index is 6.11. The first-order valence-corrected chi connectivity index (χ1v) is 7.51. The van der Waals surface area contributed by atoms with Crippen LogP contribution in [0.4, 0.5) is 5.82 Å². The zero-order valence-electron chi connectivity index (χ0n) is 11.3. The molecule has 1 aromatic carbocycles.